The van der Waals surface area contributed by atoms with Crippen LogP contribution in [-0.4, -0.2) is 28.9 Å². The van der Waals surface area contributed by atoms with Crippen molar-refractivity contribution in [1.29, 1.82) is 0 Å². The summed E-state index contributed by atoms with van der Waals surface area (Å²) in [6, 6.07) is 15.6. The highest BCUT2D eigenvalue weighted by Gasteiger charge is 2.30. The van der Waals surface area contributed by atoms with Crippen LogP contribution in [0.5, 0.6) is 11.5 Å². The fraction of sp³-hybridized carbons (Fsp3) is 0.333. The van der Waals surface area contributed by atoms with Crippen LogP contribution in [0.4, 0.5) is 0 Å². The van der Waals surface area contributed by atoms with Crippen LogP contribution in [0.1, 0.15) is 52.4 Å². The minimum Gasteiger partial charge on any atom is -0.494 e. The Hall–Kier alpha value is -2.86. The lowest BCUT2D eigenvalue weighted by molar-refractivity contribution is 0.0735. The van der Waals surface area contributed by atoms with Crippen molar-refractivity contribution in [3.63, 3.8) is 0 Å². The second-order valence-electron chi connectivity index (χ2n) is 7.33. The van der Waals surface area contributed by atoms with Gasteiger partial charge in [0.2, 0.25) is 0 Å². The third-order valence-corrected chi connectivity index (χ3v) is 6.05. The van der Waals surface area contributed by atoms with Crippen molar-refractivity contribution in [3.8, 4) is 11.5 Å². The molecule has 1 saturated heterocycles. The molecule has 30 heavy (non-hydrogen) atoms. The molecule has 6 heteroatoms. The lowest BCUT2D eigenvalue weighted by Gasteiger charge is -2.25. The van der Waals surface area contributed by atoms with Gasteiger partial charge in [-0.3, -0.25) is 4.79 Å². The Bertz CT molecular complexity index is 1000. The molecule has 3 aromatic rings. The Morgan fingerprint density at radius 1 is 1.17 bits per heavy atom. The normalized spacial score (nSPS) is 15.9. The fourth-order valence-corrected chi connectivity index (χ4v) is 4.42. The summed E-state index contributed by atoms with van der Waals surface area (Å²) in [7, 11) is 0. The Kier molecular flexibility index (Phi) is 6.33. The number of benzene rings is 2. The van der Waals surface area contributed by atoms with Crippen LogP contribution >= 0.6 is 11.3 Å². The van der Waals surface area contributed by atoms with Crippen LogP contribution in [0.3, 0.4) is 0 Å². The fourth-order valence-electron chi connectivity index (χ4n) is 3.83. The molecule has 0 spiro atoms. The number of hydrogen-bond donors (Lipinski definition) is 0. The first kappa shape index (κ1) is 20.4. The van der Waals surface area contributed by atoms with Gasteiger partial charge in [-0.1, -0.05) is 18.2 Å². The predicted molar refractivity (Wildman–Crippen MR) is 118 cm³/mol. The smallest absolute Gasteiger partial charge is 0.254 e. The topological polar surface area (TPSA) is 51.7 Å². The Balaban J connectivity index is 1.46. The monoisotopic (exact) mass is 422 g/mol. The number of aryl methyl sites for hydroxylation is 1. The Morgan fingerprint density at radius 2 is 2.00 bits per heavy atom. The number of hydrogen-bond acceptors (Lipinski definition) is 5. The van der Waals surface area contributed by atoms with Crippen LogP contribution < -0.4 is 9.47 Å². The molecule has 1 aromatic heterocycles. The van der Waals surface area contributed by atoms with Gasteiger partial charge in [-0.15, -0.1) is 11.3 Å². The van der Waals surface area contributed by atoms with Gasteiger partial charge in [0.25, 0.3) is 5.91 Å². The van der Waals surface area contributed by atoms with E-state index in [0.717, 1.165) is 41.4 Å². The molecule has 4 rings (SSSR count). The average molecular weight is 423 g/mol. The first-order valence-corrected chi connectivity index (χ1v) is 11.2. The van der Waals surface area contributed by atoms with E-state index in [9.17, 15) is 4.79 Å². The zero-order valence-electron chi connectivity index (χ0n) is 17.3. The van der Waals surface area contributed by atoms with Gasteiger partial charge in [0.15, 0.2) is 0 Å². The quantitative estimate of drug-likeness (QED) is 0.511. The number of carbonyl (C=O) groups is 1. The summed E-state index contributed by atoms with van der Waals surface area (Å²) >= 11 is 1.61. The molecule has 1 aliphatic heterocycles. The van der Waals surface area contributed by atoms with Gasteiger partial charge in [0.1, 0.15) is 18.1 Å². The van der Waals surface area contributed by atoms with Gasteiger partial charge in [-0.25, -0.2) is 4.98 Å². The molecule has 1 aliphatic rings. The van der Waals surface area contributed by atoms with Crippen LogP contribution in [0.2, 0.25) is 0 Å². The highest BCUT2D eigenvalue weighted by Crippen LogP contribution is 2.34. The number of rotatable bonds is 7. The maximum Gasteiger partial charge on any atom is 0.254 e. The zero-order valence-corrected chi connectivity index (χ0v) is 18.2. The number of nitrogens with zero attached hydrogens (tertiary/aromatic N) is 2. The van der Waals surface area contributed by atoms with E-state index in [1.54, 1.807) is 11.3 Å². The van der Waals surface area contributed by atoms with Crippen molar-refractivity contribution in [3.05, 3.63) is 75.7 Å². The predicted octanol–water partition coefficient (Wildman–Crippen LogP) is 5.41. The molecular formula is C24H26N2O3S. The van der Waals surface area contributed by atoms with E-state index in [0.29, 0.717) is 24.5 Å². The minimum atomic E-state index is 0.0429. The number of amides is 1. The standard InChI is InChI=1S/C24H26N2O3S/c1-3-28-21-11-9-18(10-12-21)23-8-5-13-26(23)24(27)19-6-4-7-22(14-19)29-15-20-16-30-17(2)25-20/h4,6-7,9-12,14,16,23H,3,5,8,13,15H2,1-2H3. The number of aromatic nitrogens is 1. The lowest BCUT2D eigenvalue weighted by Crippen LogP contribution is -2.30. The van der Waals surface area contributed by atoms with Crippen molar-refractivity contribution >= 4 is 17.2 Å². The van der Waals surface area contributed by atoms with Crippen molar-refractivity contribution < 1.29 is 14.3 Å². The molecule has 5 nitrogen and oxygen atoms in total. The number of likely N-dealkylation sites (tertiary alicyclic amines) is 1. The molecule has 0 aliphatic carbocycles. The van der Waals surface area contributed by atoms with Gasteiger partial charge >= 0.3 is 0 Å². The number of thiazole rings is 1. The van der Waals surface area contributed by atoms with E-state index in [-0.39, 0.29) is 11.9 Å². The van der Waals surface area contributed by atoms with E-state index in [2.05, 4.69) is 17.1 Å². The van der Waals surface area contributed by atoms with E-state index in [1.807, 2.05) is 60.5 Å². The molecule has 1 fully saturated rings. The van der Waals surface area contributed by atoms with E-state index in [1.165, 1.54) is 0 Å². The number of carbonyl (C=O) groups excluding carboxylic acids is 1. The maximum atomic E-state index is 13.3. The Labute approximate surface area is 181 Å². The molecule has 0 radical (unpaired) electrons. The van der Waals surface area contributed by atoms with Gasteiger partial charge in [0.05, 0.1) is 23.4 Å². The molecule has 2 heterocycles. The molecule has 1 amide bonds. The van der Waals surface area contributed by atoms with Crippen LogP contribution in [0.25, 0.3) is 0 Å². The molecular weight excluding hydrogens is 396 g/mol. The molecule has 1 unspecified atom stereocenters. The summed E-state index contributed by atoms with van der Waals surface area (Å²) in [4.78, 5) is 19.7. The molecule has 0 saturated carbocycles. The molecule has 1 atom stereocenters. The Morgan fingerprint density at radius 3 is 2.73 bits per heavy atom. The van der Waals surface area contributed by atoms with Crippen LogP contribution in [0.15, 0.2) is 53.9 Å². The molecule has 2 aromatic carbocycles. The van der Waals surface area contributed by atoms with Crippen molar-refractivity contribution in [2.75, 3.05) is 13.2 Å². The second-order valence-corrected chi connectivity index (χ2v) is 8.40. The number of ether oxygens (including phenoxy) is 2. The maximum absolute atomic E-state index is 13.3. The largest absolute Gasteiger partial charge is 0.494 e. The van der Waals surface area contributed by atoms with E-state index in [4.69, 9.17) is 9.47 Å². The molecule has 0 bridgehead atoms. The highest BCUT2D eigenvalue weighted by atomic mass is 32.1. The SMILES string of the molecule is CCOc1ccc(C2CCCN2C(=O)c2cccc(OCc3csc(C)n3)c2)cc1. The van der Waals surface area contributed by atoms with Crippen LogP contribution in [-0.2, 0) is 6.61 Å². The highest BCUT2D eigenvalue weighted by molar-refractivity contribution is 7.09. The van der Waals surface area contributed by atoms with E-state index >= 15 is 0 Å². The minimum absolute atomic E-state index is 0.0429. The summed E-state index contributed by atoms with van der Waals surface area (Å²) < 4.78 is 11.4. The first-order chi connectivity index (χ1) is 14.6. The lowest BCUT2D eigenvalue weighted by atomic mass is 10.0. The summed E-state index contributed by atoms with van der Waals surface area (Å²) in [6.07, 6.45) is 1.97. The summed E-state index contributed by atoms with van der Waals surface area (Å²) in [5.41, 5.74) is 2.71. The molecule has 0 N–H and O–H groups in total. The second kappa shape index (κ2) is 9.30. The van der Waals surface area contributed by atoms with Crippen molar-refractivity contribution in [2.24, 2.45) is 0 Å². The van der Waals surface area contributed by atoms with Gasteiger partial charge < -0.3 is 14.4 Å². The first-order valence-electron chi connectivity index (χ1n) is 10.3. The van der Waals surface area contributed by atoms with Gasteiger partial charge in [0, 0.05) is 17.5 Å². The van der Waals surface area contributed by atoms with Crippen molar-refractivity contribution in [1.82, 2.24) is 9.88 Å². The summed E-state index contributed by atoms with van der Waals surface area (Å²) in [5, 5.41) is 3.02. The third kappa shape index (κ3) is 4.65. The van der Waals surface area contributed by atoms with Gasteiger partial charge in [-0.2, -0.15) is 0 Å². The zero-order chi connectivity index (χ0) is 20.9. The average Bonchev–Trinajstić information content (AvgIpc) is 3.42. The third-order valence-electron chi connectivity index (χ3n) is 5.22. The summed E-state index contributed by atoms with van der Waals surface area (Å²) in [6.45, 7) is 5.76. The van der Waals surface area contributed by atoms with Gasteiger partial charge in [-0.05, 0) is 62.6 Å². The van der Waals surface area contributed by atoms with Crippen LogP contribution in [0, 0.1) is 6.92 Å². The summed E-state index contributed by atoms with van der Waals surface area (Å²) in [5.74, 6) is 1.59. The van der Waals surface area contributed by atoms with Crippen molar-refractivity contribution in [2.45, 2.75) is 39.3 Å². The van der Waals surface area contributed by atoms with E-state index < -0.39 is 0 Å². The molecule has 156 valence electrons.